The van der Waals surface area contributed by atoms with Crippen LogP contribution in [0, 0.1) is 0 Å². The zero-order valence-electron chi connectivity index (χ0n) is 11.2. The van der Waals surface area contributed by atoms with Crippen molar-refractivity contribution < 1.29 is 19.4 Å². The molecule has 3 N–H and O–H groups in total. The first-order chi connectivity index (χ1) is 9.08. The maximum Gasteiger partial charge on any atom is 0.329 e. The average Bonchev–Trinajstić information content (AvgIpc) is 2.85. The van der Waals surface area contributed by atoms with E-state index in [4.69, 9.17) is 9.84 Å². The molecule has 1 saturated carbocycles. The summed E-state index contributed by atoms with van der Waals surface area (Å²) >= 11 is 1.82. The molecule has 19 heavy (non-hydrogen) atoms. The molecule has 0 atom stereocenters. The van der Waals surface area contributed by atoms with Gasteiger partial charge in [-0.15, -0.1) is 0 Å². The summed E-state index contributed by atoms with van der Waals surface area (Å²) in [5, 5.41) is 13.9. The molecule has 6 nitrogen and oxygen atoms in total. The van der Waals surface area contributed by atoms with E-state index >= 15 is 0 Å². The van der Waals surface area contributed by atoms with Crippen LogP contribution in [0.15, 0.2) is 0 Å². The van der Waals surface area contributed by atoms with E-state index in [-0.39, 0.29) is 24.0 Å². The van der Waals surface area contributed by atoms with Crippen LogP contribution in [0.1, 0.15) is 25.7 Å². The largest absolute Gasteiger partial charge is 0.480 e. The molecule has 0 saturated heterocycles. The quantitative estimate of drug-likeness (QED) is 0.582. The predicted octanol–water partition coefficient (Wildman–Crippen LogP) is 1.06. The number of aliphatic carboxylic acids is 1. The van der Waals surface area contributed by atoms with Crippen LogP contribution in [0.5, 0.6) is 0 Å². The van der Waals surface area contributed by atoms with Crippen molar-refractivity contribution in [1.29, 1.82) is 0 Å². The third kappa shape index (κ3) is 6.15. The minimum Gasteiger partial charge on any atom is -0.480 e. The topological polar surface area (TPSA) is 87.7 Å². The monoisotopic (exact) mass is 290 g/mol. The van der Waals surface area contributed by atoms with Gasteiger partial charge in [-0.2, -0.15) is 11.8 Å². The lowest BCUT2D eigenvalue weighted by molar-refractivity contribution is -0.142. The minimum atomic E-state index is -1.01. The SMILES string of the molecule is CSC1(CNC(=O)NCCOCC(=O)O)CCCC1. The van der Waals surface area contributed by atoms with Crippen LogP contribution in [0.3, 0.4) is 0 Å². The Morgan fingerprint density at radius 1 is 1.32 bits per heavy atom. The van der Waals surface area contributed by atoms with E-state index in [2.05, 4.69) is 16.9 Å². The molecule has 0 unspecified atom stereocenters. The van der Waals surface area contributed by atoms with Crippen LogP contribution in [-0.4, -0.2) is 54.4 Å². The fourth-order valence-electron chi connectivity index (χ4n) is 2.17. The lowest BCUT2D eigenvalue weighted by Crippen LogP contribution is -2.44. The number of rotatable bonds is 8. The van der Waals surface area contributed by atoms with Crippen molar-refractivity contribution >= 4 is 23.8 Å². The number of carbonyl (C=O) groups is 2. The summed E-state index contributed by atoms with van der Waals surface area (Å²) in [7, 11) is 0. The zero-order valence-corrected chi connectivity index (χ0v) is 12.1. The molecule has 7 heteroatoms. The minimum absolute atomic E-state index is 0.192. The second-order valence-corrected chi connectivity index (χ2v) is 5.92. The first-order valence-corrected chi connectivity index (χ1v) is 7.67. The van der Waals surface area contributed by atoms with Gasteiger partial charge in [-0.05, 0) is 19.1 Å². The van der Waals surface area contributed by atoms with Gasteiger partial charge < -0.3 is 20.5 Å². The highest BCUT2D eigenvalue weighted by molar-refractivity contribution is 8.00. The molecule has 0 heterocycles. The Morgan fingerprint density at radius 2 is 2.00 bits per heavy atom. The number of amides is 2. The Labute approximate surface area is 117 Å². The third-order valence-corrected chi connectivity index (χ3v) is 4.70. The number of hydrogen-bond acceptors (Lipinski definition) is 4. The first-order valence-electron chi connectivity index (χ1n) is 6.44. The van der Waals surface area contributed by atoms with Gasteiger partial charge in [-0.25, -0.2) is 9.59 Å². The van der Waals surface area contributed by atoms with Crippen molar-refractivity contribution in [2.75, 3.05) is 32.6 Å². The van der Waals surface area contributed by atoms with Gasteiger partial charge in [0.05, 0.1) is 6.61 Å². The molecule has 0 aromatic heterocycles. The molecule has 1 aliphatic carbocycles. The number of ether oxygens (including phenoxy) is 1. The lowest BCUT2D eigenvalue weighted by Gasteiger charge is -2.26. The van der Waals surface area contributed by atoms with Crippen molar-refractivity contribution in [2.45, 2.75) is 30.4 Å². The van der Waals surface area contributed by atoms with Crippen molar-refractivity contribution in [3.05, 3.63) is 0 Å². The summed E-state index contributed by atoms with van der Waals surface area (Å²) in [6.45, 7) is 0.855. The first kappa shape index (κ1) is 16.1. The van der Waals surface area contributed by atoms with Crippen LogP contribution in [0.25, 0.3) is 0 Å². The summed E-state index contributed by atoms with van der Waals surface area (Å²) in [4.78, 5) is 21.7. The number of hydrogen-bond donors (Lipinski definition) is 3. The highest BCUT2D eigenvalue weighted by Crippen LogP contribution is 2.39. The molecule has 1 aliphatic rings. The molecule has 0 aromatic rings. The number of thioether (sulfide) groups is 1. The van der Waals surface area contributed by atoms with Crippen molar-refractivity contribution in [3.63, 3.8) is 0 Å². The Morgan fingerprint density at radius 3 is 2.58 bits per heavy atom. The zero-order chi connectivity index (χ0) is 14.1. The predicted molar refractivity (Wildman–Crippen MR) is 74.6 cm³/mol. The number of nitrogens with one attached hydrogen (secondary N) is 2. The van der Waals surface area contributed by atoms with Crippen molar-refractivity contribution in [1.82, 2.24) is 10.6 Å². The Kier molecular flexibility index (Phi) is 7.01. The van der Waals surface area contributed by atoms with E-state index < -0.39 is 5.97 Å². The number of carboxylic acid groups (broad SMARTS) is 1. The fourth-order valence-corrected chi connectivity index (χ4v) is 3.09. The van der Waals surface area contributed by atoms with Gasteiger partial charge >= 0.3 is 12.0 Å². The molecule has 0 spiro atoms. The van der Waals surface area contributed by atoms with Crippen LogP contribution >= 0.6 is 11.8 Å². The molecular formula is C12H22N2O4S. The van der Waals surface area contributed by atoms with Gasteiger partial charge in [0.2, 0.25) is 0 Å². The highest BCUT2D eigenvalue weighted by atomic mass is 32.2. The molecule has 110 valence electrons. The van der Waals surface area contributed by atoms with Gasteiger partial charge in [-0.3, -0.25) is 0 Å². The molecule has 0 bridgehead atoms. The fraction of sp³-hybridized carbons (Fsp3) is 0.833. The van der Waals surface area contributed by atoms with Gasteiger partial charge in [0.1, 0.15) is 6.61 Å². The van der Waals surface area contributed by atoms with E-state index in [9.17, 15) is 9.59 Å². The molecular weight excluding hydrogens is 268 g/mol. The molecule has 0 aliphatic heterocycles. The van der Waals surface area contributed by atoms with E-state index in [1.807, 2.05) is 11.8 Å². The second kappa shape index (κ2) is 8.27. The summed E-state index contributed by atoms with van der Waals surface area (Å²) in [6, 6.07) is -0.223. The molecule has 0 aromatic carbocycles. The van der Waals surface area contributed by atoms with Crippen LogP contribution < -0.4 is 10.6 Å². The summed E-state index contributed by atoms with van der Waals surface area (Å²) in [5.74, 6) is -1.01. The van der Waals surface area contributed by atoms with Crippen molar-refractivity contribution in [3.8, 4) is 0 Å². The van der Waals surface area contributed by atoms with Gasteiger partial charge in [0, 0.05) is 17.8 Å². The van der Waals surface area contributed by atoms with Gasteiger partial charge in [0.25, 0.3) is 0 Å². The molecule has 0 radical (unpaired) electrons. The van der Waals surface area contributed by atoms with Crippen LogP contribution in [0.2, 0.25) is 0 Å². The van der Waals surface area contributed by atoms with Gasteiger partial charge in [-0.1, -0.05) is 12.8 Å². The Bertz CT molecular complexity index is 306. The summed E-state index contributed by atoms with van der Waals surface area (Å²) in [6.07, 6.45) is 6.84. The van der Waals surface area contributed by atoms with E-state index in [1.54, 1.807) is 0 Å². The maximum absolute atomic E-state index is 11.6. The number of carboxylic acids is 1. The average molecular weight is 290 g/mol. The lowest BCUT2D eigenvalue weighted by atomic mass is 10.1. The Balaban J connectivity index is 2.09. The van der Waals surface area contributed by atoms with Crippen molar-refractivity contribution in [2.24, 2.45) is 0 Å². The van der Waals surface area contributed by atoms with Gasteiger partial charge in [0.15, 0.2) is 0 Å². The van der Waals surface area contributed by atoms with E-state index in [0.717, 1.165) is 12.8 Å². The van der Waals surface area contributed by atoms with Crippen LogP contribution in [0.4, 0.5) is 4.79 Å². The third-order valence-electron chi connectivity index (χ3n) is 3.28. The Hall–Kier alpha value is -0.950. The highest BCUT2D eigenvalue weighted by Gasteiger charge is 2.33. The summed E-state index contributed by atoms with van der Waals surface area (Å²) in [5.41, 5.74) is 0. The smallest absolute Gasteiger partial charge is 0.329 e. The van der Waals surface area contributed by atoms with E-state index in [0.29, 0.717) is 13.1 Å². The maximum atomic E-state index is 11.6. The van der Waals surface area contributed by atoms with E-state index in [1.165, 1.54) is 12.8 Å². The normalized spacial score (nSPS) is 17.1. The number of carbonyl (C=O) groups excluding carboxylic acids is 1. The van der Waals surface area contributed by atoms with Crippen LogP contribution in [-0.2, 0) is 9.53 Å². The second-order valence-electron chi connectivity index (χ2n) is 4.65. The number of urea groups is 1. The standard InChI is InChI=1S/C12H22N2O4S/c1-19-12(4-2-3-5-12)9-14-11(17)13-6-7-18-8-10(15)16/h2-9H2,1H3,(H,15,16)(H2,13,14,17). The molecule has 1 rings (SSSR count). The summed E-state index contributed by atoms with van der Waals surface area (Å²) < 4.78 is 5.01. The molecule has 1 fully saturated rings. The molecule has 2 amide bonds.